The Morgan fingerprint density at radius 2 is 1.58 bits per heavy atom. The average Bonchev–Trinajstić information content (AvgIpc) is 2.57. The van der Waals surface area contributed by atoms with Gasteiger partial charge in [0.1, 0.15) is 5.75 Å². The van der Waals surface area contributed by atoms with Gasteiger partial charge in [0.15, 0.2) is 0 Å². The fraction of sp³-hybridized carbons (Fsp3) is 0.350. The van der Waals surface area contributed by atoms with E-state index < -0.39 is 5.97 Å². The van der Waals surface area contributed by atoms with Crippen molar-refractivity contribution in [2.75, 3.05) is 19.7 Å². The molecule has 2 aromatic carbocycles. The molecule has 128 valence electrons. The zero-order valence-corrected chi connectivity index (χ0v) is 14.1. The molecule has 4 nitrogen and oxygen atoms in total. The summed E-state index contributed by atoms with van der Waals surface area (Å²) in [6.45, 7) is 4.04. The minimum atomic E-state index is -0.769. The summed E-state index contributed by atoms with van der Waals surface area (Å²) in [4.78, 5) is 10.4. The fourth-order valence-electron chi connectivity index (χ4n) is 2.35. The van der Waals surface area contributed by atoms with Crippen LogP contribution in [0, 0.1) is 6.92 Å². The van der Waals surface area contributed by atoms with Crippen molar-refractivity contribution < 1.29 is 14.6 Å². The number of carboxylic acids is 1. The normalized spacial score (nSPS) is 10.5. The maximum atomic E-state index is 10.4. The molecular weight excluding hydrogens is 302 g/mol. The topological polar surface area (TPSA) is 58.6 Å². The number of carbonyl (C=O) groups is 1. The Kier molecular flexibility index (Phi) is 7.30. The molecule has 0 aliphatic rings. The van der Waals surface area contributed by atoms with Gasteiger partial charge in [0, 0.05) is 13.0 Å². The molecule has 0 bridgehead atoms. The lowest BCUT2D eigenvalue weighted by Gasteiger charge is -2.08. The Bertz CT molecular complexity index is 620. The molecule has 0 atom stereocenters. The highest BCUT2D eigenvalue weighted by Gasteiger charge is 1.99. The van der Waals surface area contributed by atoms with E-state index in [0.717, 1.165) is 25.1 Å². The molecule has 0 aliphatic carbocycles. The number of aryl methyl sites for hydroxylation is 1. The second kappa shape index (κ2) is 9.73. The van der Waals surface area contributed by atoms with Gasteiger partial charge in [-0.15, -0.1) is 0 Å². The number of hydrogen-bond acceptors (Lipinski definition) is 3. The molecule has 2 rings (SSSR count). The number of rotatable bonds is 10. The summed E-state index contributed by atoms with van der Waals surface area (Å²) in [7, 11) is 0. The van der Waals surface area contributed by atoms with Gasteiger partial charge in [0.2, 0.25) is 0 Å². The van der Waals surface area contributed by atoms with E-state index in [1.165, 1.54) is 16.7 Å². The summed E-state index contributed by atoms with van der Waals surface area (Å²) in [5.74, 6) is 0.110. The molecule has 0 aromatic heterocycles. The lowest BCUT2D eigenvalue weighted by atomic mass is 10.1. The minimum Gasteiger partial charge on any atom is -0.493 e. The van der Waals surface area contributed by atoms with Crippen LogP contribution in [0.15, 0.2) is 48.5 Å². The predicted octanol–water partition coefficient (Wildman–Crippen LogP) is 3.22. The largest absolute Gasteiger partial charge is 0.493 e. The van der Waals surface area contributed by atoms with Crippen LogP contribution >= 0.6 is 0 Å². The lowest BCUT2D eigenvalue weighted by molar-refractivity contribution is -0.136. The van der Waals surface area contributed by atoms with Crippen molar-refractivity contribution in [1.82, 2.24) is 5.32 Å². The highest BCUT2D eigenvalue weighted by molar-refractivity contribution is 5.66. The van der Waals surface area contributed by atoms with Gasteiger partial charge in [-0.05, 0) is 43.1 Å². The number of aliphatic carboxylic acids is 1. The van der Waals surface area contributed by atoms with Crippen LogP contribution in [0.4, 0.5) is 0 Å². The van der Waals surface area contributed by atoms with E-state index in [9.17, 15) is 4.79 Å². The number of hydrogen-bond donors (Lipinski definition) is 2. The standard InChI is InChI=1S/C20H25NO3/c1-16-2-4-18(5-3-16)12-15-24-19-8-6-17(7-9-19)10-13-21-14-11-20(22)23/h2-9,21H,10-15H2,1H3,(H,22,23). The van der Waals surface area contributed by atoms with E-state index in [-0.39, 0.29) is 6.42 Å². The van der Waals surface area contributed by atoms with Crippen molar-refractivity contribution in [3.05, 3.63) is 65.2 Å². The zero-order valence-electron chi connectivity index (χ0n) is 14.1. The van der Waals surface area contributed by atoms with Crippen LogP contribution in [-0.4, -0.2) is 30.8 Å². The van der Waals surface area contributed by atoms with E-state index >= 15 is 0 Å². The van der Waals surface area contributed by atoms with E-state index in [2.05, 4.69) is 48.6 Å². The molecule has 0 fully saturated rings. The van der Waals surface area contributed by atoms with Gasteiger partial charge < -0.3 is 15.2 Å². The molecule has 0 saturated heterocycles. The molecule has 2 aromatic rings. The molecule has 0 aliphatic heterocycles. The first kappa shape index (κ1) is 18.0. The first-order chi connectivity index (χ1) is 11.6. The Morgan fingerprint density at radius 1 is 0.958 bits per heavy atom. The summed E-state index contributed by atoms with van der Waals surface area (Å²) in [5, 5.41) is 11.7. The van der Waals surface area contributed by atoms with Crippen molar-refractivity contribution in [2.45, 2.75) is 26.2 Å². The maximum absolute atomic E-state index is 10.4. The van der Waals surface area contributed by atoms with Gasteiger partial charge in [0.25, 0.3) is 0 Å². The second-order valence-corrected chi connectivity index (χ2v) is 5.87. The third kappa shape index (κ3) is 6.84. The van der Waals surface area contributed by atoms with Crippen molar-refractivity contribution in [3.63, 3.8) is 0 Å². The maximum Gasteiger partial charge on any atom is 0.304 e. The molecule has 0 unspecified atom stereocenters. The predicted molar refractivity (Wildman–Crippen MR) is 95.6 cm³/mol. The van der Waals surface area contributed by atoms with Crippen molar-refractivity contribution in [2.24, 2.45) is 0 Å². The van der Waals surface area contributed by atoms with Gasteiger partial charge in [-0.2, -0.15) is 0 Å². The highest BCUT2D eigenvalue weighted by Crippen LogP contribution is 2.13. The van der Waals surface area contributed by atoms with Crippen LogP contribution in [0.5, 0.6) is 5.75 Å². The zero-order chi connectivity index (χ0) is 17.2. The van der Waals surface area contributed by atoms with Gasteiger partial charge >= 0.3 is 5.97 Å². The van der Waals surface area contributed by atoms with Gasteiger partial charge in [-0.25, -0.2) is 0 Å². The number of nitrogens with one attached hydrogen (secondary N) is 1. The molecule has 4 heteroatoms. The summed E-state index contributed by atoms with van der Waals surface area (Å²) < 4.78 is 5.78. The van der Waals surface area contributed by atoms with Crippen molar-refractivity contribution in [3.8, 4) is 5.75 Å². The van der Waals surface area contributed by atoms with Crippen LogP contribution < -0.4 is 10.1 Å². The van der Waals surface area contributed by atoms with Crippen LogP contribution in [0.2, 0.25) is 0 Å². The van der Waals surface area contributed by atoms with E-state index in [0.29, 0.717) is 13.2 Å². The fourth-order valence-corrected chi connectivity index (χ4v) is 2.35. The lowest BCUT2D eigenvalue weighted by Crippen LogP contribution is -2.20. The van der Waals surface area contributed by atoms with E-state index in [1.54, 1.807) is 0 Å². The molecule has 2 N–H and O–H groups in total. The van der Waals surface area contributed by atoms with Crippen LogP contribution in [0.25, 0.3) is 0 Å². The van der Waals surface area contributed by atoms with Gasteiger partial charge in [-0.1, -0.05) is 42.0 Å². The van der Waals surface area contributed by atoms with E-state index in [4.69, 9.17) is 9.84 Å². The van der Waals surface area contributed by atoms with Crippen LogP contribution in [0.3, 0.4) is 0 Å². The highest BCUT2D eigenvalue weighted by atomic mass is 16.5. The van der Waals surface area contributed by atoms with E-state index in [1.807, 2.05) is 12.1 Å². The Labute approximate surface area is 143 Å². The van der Waals surface area contributed by atoms with Gasteiger partial charge in [0.05, 0.1) is 13.0 Å². The molecule has 0 radical (unpaired) electrons. The average molecular weight is 327 g/mol. The molecule has 24 heavy (non-hydrogen) atoms. The first-order valence-corrected chi connectivity index (χ1v) is 8.33. The summed E-state index contributed by atoms with van der Waals surface area (Å²) >= 11 is 0. The monoisotopic (exact) mass is 327 g/mol. The van der Waals surface area contributed by atoms with Crippen LogP contribution in [0.1, 0.15) is 23.1 Å². The number of ether oxygens (including phenoxy) is 1. The Hall–Kier alpha value is -2.33. The van der Waals surface area contributed by atoms with Gasteiger partial charge in [-0.3, -0.25) is 4.79 Å². The second-order valence-electron chi connectivity index (χ2n) is 5.87. The number of benzene rings is 2. The molecule has 0 spiro atoms. The number of carboxylic acid groups (broad SMARTS) is 1. The quantitative estimate of drug-likeness (QED) is 0.658. The first-order valence-electron chi connectivity index (χ1n) is 8.33. The Balaban J connectivity index is 1.66. The molecule has 0 heterocycles. The summed E-state index contributed by atoms with van der Waals surface area (Å²) in [6.07, 6.45) is 1.94. The Morgan fingerprint density at radius 3 is 2.25 bits per heavy atom. The molecule has 0 amide bonds. The molecule has 0 saturated carbocycles. The van der Waals surface area contributed by atoms with Crippen molar-refractivity contribution >= 4 is 5.97 Å². The third-order valence-corrected chi connectivity index (χ3v) is 3.81. The smallest absolute Gasteiger partial charge is 0.304 e. The summed E-state index contributed by atoms with van der Waals surface area (Å²) in [6, 6.07) is 16.6. The summed E-state index contributed by atoms with van der Waals surface area (Å²) in [5.41, 5.74) is 3.76. The van der Waals surface area contributed by atoms with Crippen molar-refractivity contribution in [1.29, 1.82) is 0 Å². The SMILES string of the molecule is Cc1ccc(CCOc2ccc(CCNCCC(=O)O)cc2)cc1. The van der Waals surface area contributed by atoms with Crippen LogP contribution in [-0.2, 0) is 17.6 Å². The minimum absolute atomic E-state index is 0.160. The third-order valence-electron chi connectivity index (χ3n) is 3.81. The molecular formula is C20H25NO3.